The summed E-state index contributed by atoms with van der Waals surface area (Å²) in [5, 5.41) is 0. The number of rotatable bonds is 4. The number of piperidine rings is 2. The minimum atomic E-state index is 0.330. The minimum Gasteiger partial charge on any atom is -0.342 e. The van der Waals surface area contributed by atoms with Gasteiger partial charge < -0.3 is 9.47 Å². The Morgan fingerprint density at radius 3 is 2.58 bits per heavy atom. The molecule has 0 saturated carbocycles. The molecule has 2 fully saturated rings. The molecule has 140 valence electrons. The zero-order chi connectivity index (χ0) is 17.9. The van der Waals surface area contributed by atoms with Gasteiger partial charge in [-0.25, -0.2) is 4.98 Å². The first-order chi connectivity index (χ1) is 12.7. The van der Waals surface area contributed by atoms with Crippen molar-refractivity contribution in [3.63, 3.8) is 0 Å². The molecule has 2 aliphatic rings. The Hall–Kier alpha value is -1.88. The summed E-state index contributed by atoms with van der Waals surface area (Å²) in [7, 11) is 0. The lowest BCUT2D eigenvalue weighted by atomic mass is 9.96. The van der Waals surface area contributed by atoms with E-state index in [-0.39, 0.29) is 0 Å². The van der Waals surface area contributed by atoms with E-state index < -0.39 is 0 Å². The standard InChI is InChI=1S/C21H30N4O/c1-17-6-12-24(13-7-17)21(26)15-23-10-8-18(9-11-23)14-25-16-22-19-4-2-3-5-20(19)25/h2-5,16-18H,6-15H2,1H3. The van der Waals surface area contributed by atoms with Gasteiger partial charge in [-0.2, -0.15) is 0 Å². The average Bonchev–Trinajstić information content (AvgIpc) is 3.07. The van der Waals surface area contributed by atoms with Crippen molar-refractivity contribution in [2.24, 2.45) is 11.8 Å². The smallest absolute Gasteiger partial charge is 0.236 e. The van der Waals surface area contributed by atoms with Gasteiger partial charge in [0.15, 0.2) is 0 Å². The summed E-state index contributed by atoms with van der Waals surface area (Å²) in [6.45, 7) is 7.90. The van der Waals surface area contributed by atoms with Gasteiger partial charge in [0.1, 0.15) is 0 Å². The molecule has 1 amide bonds. The Morgan fingerprint density at radius 1 is 1.08 bits per heavy atom. The molecule has 0 radical (unpaired) electrons. The molecule has 2 saturated heterocycles. The molecule has 0 spiro atoms. The van der Waals surface area contributed by atoms with Gasteiger partial charge in [0.2, 0.25) is 5.91 Å². The number of likely N-dealkylation sites (tertiary alicyclic amines) is 2. The summed E-state index contributed by atoms with van der Waals surface area (Å²) >= 11 is 0. The summed E-state index contributed by atoms with van der Waals surface area (Å²) in [5.74, 6) is 1.78. The normalized spacial score (nSPS) is 20.7. The summed E-state index contributed by atoms with van der Waals surface area (Å²) < 4.78 is 2.29. The van der Waals surface area contributed by atoms with Crippen LogP contribution < -0.4 is 0 Å². The van der Waals surface area contributed by atoms with Crippen LogP contribution in [-0.4, -0.2) is 58.0 Å². The van der Waals surface area contributed by atoms with E-state index in [0.29, 0.717) is 18.4 Å². The van der Waals surface area contributed by atoms with E-state index in [4.69, 9.17) is 0 Å². The van der Waals surface area contributed by atoms with E-state index in [2.05, 4.69) is 44.5 Å². The molecule has 26 heavy (non-hydrogen) atoms. The zero-order valence-electron chi connectivity index (χ0n) is 15.8. The number of amides is 1. The zero-order valence-corrected chi connectivity index (χ0v) is 15.8. The van der Waals surface area contributed by atoms with Crippen molar-refractivity contribution >= 4 is 16.9 Å². The van der Waals surface area contributed by atoms with Crippen LogP contribution in [0.15, 0.2) is 30.6 Å². The molecule has 0 bridgehead atoms. The fourth-order valence-electron chi connectivity index (χ4n) is 4.31. The predicted molar refractivity (Wildman–Crippen MR) is 104 cm³/mol. The van der Waals surface area contributed by atoms with Crippen molar-refractivity contribution in [2.75, 3.05) is 32.7 Å². The maximum atomic E-state index is 12.5. The Bertz CT molecular complexity index is 739. The summed E-state index contributed by atoms with van der Waals surface area (Å²) in [5.41, 5.74) is 2.30. The van der Waals surface area contributed by atoms with Crippen molar-refractivity contribution in [1.82, 2.24) is 19.4 Å². The highest BCUT2D eigenvalue weighted by molar-refractivity contribution is 5.78. The molecule has 0 atom stereocenters. The topological polar surface area (TPSA) is 41.4 Å². The number of benzene rings is 1. The first kappa shape index (κ1) is 17.5. The summed E-state index contributed by atoms with van der Waals surface area (Å²) in [4.78, 5) is 21.5. The third-order valence-electron chi connectivity index (χ3n) is 6.18. The van der Waals surface area contributed by atoms with E-state index >= 15 is 0 Å². The Kier molecular flexibility index (Phi) is 5.25. The number of hydrogen-bond acceptors (Lipinski definition) is 3. The van der Waals surface area contributed by atoms with E-state index in [9.17, 15) is 4.79 Å². The second-order valence-corrected chi connectivity index (χ2v) is 8.17. The second kappa shape index (κ2) is 7.78. The lowest BCUT2D eigenvalue weighted by Crippen LogP contribution is -2.46. The van der Waals surface area contributed by atoms with Gasteiger partial charge in [-0.05, 0) is 62.7 Å². The van der Waals surface area contributed by atoms with Crippen molar-refractivity contribution in [3.8, 4) is 0 Å². The van der Waals surface area contributed by atoms with Crippen LogP contribution in [-0.2, 0) is 11.3 Å². The average molecular weight is 354 g/mol. The number of nitrogens with zero attached hydrogens (tertiary/aromatic N) is 4. The van der Waals surface area contributed by atoms with Crippen LogP contribution >= 0.6 is 0 Å². The van der Waals surface area contributed by atoms with Gasteiger partial charge in [-0.15, -0.1) is 0 Å². The highest BCUT2D eigenvalue weighted by atomic mass is 16.2. The van der Waals surface area contributed by atoms with E-state index in [1.165, 1.54) is 5.52 Å². The Labute approximate surface area is 156 Å². The number of fused-ring (bicyclic) bond motifs is 1. The fraction of sp³-hybridized carbons (Fsp3) is 0.619. The van der Waals surface area contributed by atoms with Crippen LogP contribution in [0.2, 0.25) is 0 Å². The molecular weight excluding hydrogens is 324 g/mol. The lowest BCUT2D eigenvalue weighted by molar-refractivity contribution is -0.134. The number of aromatic nitrogens is 2. The van der Waals surface area contributed by atoms with Crippen LogP contribution in [0.25, 0.3) is 11.0 Å². The molecule has 4 rings (SSSR count). The molecule has 1 aromatic carbocycles. The number of carbonyl (C=O) groups excluding carboxylic acids is 1. The van der Waals surface area contributed by atoms with Gasteiger partial charge in [-0.3, -0.25) is 9.69 Å². The van der Waals surface area contributed by atoms with E-state index in [0.717, 1.165) is 69.8 Å². The largest absolute Gasteiger partial charge is 0.342 e. The van der Waals surface area contributed by atoms with Crippen LogP contribution in [0.3, 0.4) is 0 Å². The highest BCUT2D eigenvalue weighted by Gasteiger charge is 2.25. The monoisotopic (exact) mass is 354 g/mol. The first-order valence-corrected chi connectivity index (χ1v) is 10.1. The maximum Gasteiger partial charge on any atom is 0.236 e. The molecule has 0 N–H and O–H groups in total. The summed E-state index contributed by atoms with van der Waals surface area (Å²) in [6, 6.07) is 8.34. The van der Waals surface area contributed by atoms with Crippen molar-refractivity contribution in [1.29, 1.82) is 0 Å². The second-order valence-electron chi connectivity index (χ2n) is 8.17. The van der Waals surface area contributed by atoms with Crippen LogP contribution in [0.5, 0.6) is 0 Å². The number of hydrogen-bond donors (Lipinski definition) is 0. The minimum absolute atomic E-state index is 0.330. The molecule has 3 heterocycles. The van der Waals surface area contributed by atoms with E-state index in [1.54, 1.807) is 0 Å². The van der Waals surface area contributed by atoms with E-state index in [1.807, 2.05) is 12.4 Å². The first-order valence-electron chi connectivity index (χ1n) is 10.1. The third kappa shape index (κ3) is 3.93. The molecule has 2 aliphatic heterocycles. The number of carbonyl (C=O) groups is 1. The molecule has 0 unspecified atom stereocenters. The van der Waals surface area contributed by atoms with Crippen molar-refractivity contribution < 1.29 is 4.79 Å². The van der Waals surface area contributed by atoms with Gasteiger partial charge in [0.05, 0.1) is 23.9 Å². The molecule has 1 aromatic heterocycles. The van der Waals surface area contributed by atoms with Gasteiger partial charge >= 0.3 is 0 Å². The molecular formula is C21H30N4O. The molecule has 5 nitrogen and oxygen atoms in total. The van der Waals surface area contributed by atoms with Gasteiger partial charge in [0.25, 0.3) is 0 Å². The molecule has 2 aromatic rings. The maximum absolute atomic E-state index is 12.5. The summed E-state index contributed by atoms with van der Waals surface area (Å²) in [6.07, 6.45) is 6.62. The van der Waals surface area contributed by atoms with Crippen molar-refractivity contribution in [3.05, 3.63) is 30.6 Å². The highest BCUT2D eigenvalue weighted by Crippen LogP contribution is 2.22. The Morgan fingerprint density at radius 2 is 1.81 bits per heavy atom. The third-order valence-corrected chi connectivity index (χ3v) is 6.18. The van der Waals surface area contributed by atoms with Crippen LogP contribution in [0.4, 0.5) is 0 Å². The molecule has 5 heteroatoms. The fourth-order valence-corrected chi connectivity index (χ4v) is 4.31. The quantitative estimate of drug-likeness (QED) is 0.847. The van der Waals surface area contributed by atoms with Gasteiger partial charge in [-0.1, -0.05) is 19.1 Å². The lowest BCUT2D eigenvalue weighted by Gasteiger charge is -2.35. The van der Waals surface area contributed by atoms with Crippen LogP contribution in [0, 0.1) is 11.8 Å². The number of imidazole rings is 1. The predicted octanol–water partition coefficient (Wildman–Crippen LogP) is 3.01. The van der Waals surface area contributed by atoms with Crippen LogP contribution in [0.1, 0.15) is 32.6 Å². The SMILES string of the molecule is CC1CCN(C(=O)CN2CCC(Cn3cnc4ccccc43)CC2)CC1. The number of para-hydroxylation sites is 2. The Balaban J connectivity index is 1.26. The van der Waals surface area contributed by atoms with Gasteiger partial charge in [0, 0.05) is 19.6 Å². The molecule has 0 aliphatic carbocycles. The van der Waals surface area contributed by atoms with Crippen molar-refractivity contribution in [2.45, 2.75) is 39.2 Å².